The first-order chi connectivity index (χ1) is 15.1. The second-order valence-electron chi connectivity index (χ2n) is 7.63. The summed E-state index contributed by atoms with van der Waals surface area (Å²) in [6.45, 7) is 0.155. The highest BCUT2D eigenvalue weighted by molar-refractivity contribution is 7.88. The van der Waals surface area contributed by atoms with E-state index in [0.29, 0.717) is 18.5 Å². The third kappa shape index (κ3) is 5.79. The molecule has 1 aromatic carbocycles. The summed E-state index contributed by atoms with van der Waals surface area (Å²) in [6.07, 6.45) is 0.618. The molecule has 1 aliphatic heterocycles. The lowest BCUT2D eigenvalue weighted by molar-refractivity contribution is -0.124. The molecule has 1 saturated heterocycles. The van der Waals surface area contributed by atoms with E-state index < -0.39 is 34.1 Å². The average molecular weight is 483 g/mol. The summed E-state index contributed by atoms with van der Waals surface area (Å²) in [6, 6.07) is 5.24. The van der Waals surface area contributed by atoms with Crippen molar-refractivity contribution in [3.05, 3.63) is 29.3 Å². The molecule has 1 amide bonds. The minimum atomic E-state index is -3.72. The molecule has 13 heteroatoms. The van der Waals surface area contributed by atoms with Gasteiger partial charge in [0, 0.05) is 19.5 Å². The number of carbonyl (C=O) groups is 2. The maximum Gasteiger partial charge on any atom is 0.239 e. The zero-order valence-electron chi connectivity index (χ0n) is 17.4. The number of carbonyl (C=O) groups excluding carboxylic acids is 2. The highest BCUT2D eigenvalue weighted by Gasteiger charge is 2.42. The standard InChI is InChI=1S/C19H26N6O5S2/c1-32(29,30)25-10-11(26)9-14(25)17(28)23-13(6-4-8-22-19(20)21)16(27)18-24-12-5-2-3-7-15(12)31-18/h2-3,5,7,11,13-14,26H,4,6,8-10H2,1H3,(H,23,28)(H4,20,21,22)/t11-,13?,14+/m1/s1. The van der Waals surface area contributed by atoms with Gasteiger partial charge in [-0.3, -0.25) is 15.0 Å². The summed E-state index contributed by atoms with van der Waals surface area (Å²) >= 11 is 1.21. The van der Waals surface area contributed by atoms with Crippen LogP contribution in [-0.4, -0.2) is 78.0 Å². The number of sulfonamides is 1. The van der Waals surface area contributed by atoms with Crippen molar-refractivity contribution in [1.29, 1.82) is 5.41 Å². The summed E-state index contributed by atoms with van der Waals surface area (Å²) in [5.41, 5.74) is 5.95. The molecule has 0 radical (unpaired) electrons. The number of ketones is 1. The van der Waals surface area contributed by atoms with Gasteiger partial charge < -0.3 is 21.5 Å². The first-order valence-electron chi connectivity index (χ1n) is 9.99. The largest absolute Gasteiger partial charge is 0.392 e. The van der Waals surface area contributed by atoms with Gasteiger partial charge in [-0.2, -0.15) is 4.31 Å². The summed E-state index contributed by atoms with van der Waals surface area (Å²) in [4.78, 5) is 30.5. The van der Waals surface area contributed by atoms with E-state index in [2.05, 4.69) is 15.6 Å². The summed E-state index contributed by atoms with van der Waals surface area (Å²) in [7, 11) is -3.72. The fourth-order valence-corrected chi connectivity index (χ4v) is 5.63. The predicted molar refractivity (Wildman–Crippen MR) is 121 cm³/mol. The van der Waals surface area contributed by atoms with Crippen LogP contribution in [0, 0.1) is 5.41 Å². The number of guanidine groups is 1. The molecule has 0 spiro atoms. The highest BCUT2D eigenvalue weighted by atomic mass is 32.2. The lowest BCUT2D eigenvalue weighted by Crippen LogP contribution is -2.50. The Morgan fingerprint density at radius 2 is 2.12 bits per heavy atom. The Bertz CT molecular complexity index is 1090. The van der Waals surface area contributed by atoms with Crippen molar-refractivity contribution in [3.8, 4) is 0 Å². The predicted octanol–water partition coefficient (Wildman–Crippen LogP) is -0.378. The van der Waals surface area contributed by atoms with Crippen molar-refractivity contribution >= 4 is 49.2 Å². The fourth-order valence-electron chi connectivity index (χ4n) is 3.58. The molecule has 0 aliphatic carbocycles. The number of amides is 1. The van der Waals surface area contributed by atoms with Gasteiger partial charge in [-0.05, 0) is 25.0 Å². The van der Waals surface area contributed by atoms with Crippen LogP contribution >= 0.6 is 11.3 Å². The van der Waals surface area contributed by atoms with Gasteiger partial charge in [0.25, 0.3) is 0 Å². The number of rotatable bonds is 9. The minimum Gasteiger partial charge on any atom is -0.392 e. The molecule has 2 aromatic rings. The van der Waals surface area contributed by atoms with Gasteiger partial charge in [-0.15, -0.1) is 11.3 Å². The van der Waals surface area contributed by atoms with E-state index in [-0.39, 0.29) is 36.1 Å². The number of β-amino-alcohol motifs (C(OH)–C–C–N with tert-alkyl or cyclic N) is 1. The number of nitrogens with two attached hydrogens (primary N) is 1. The Kier molecular flexibility index (Phi) is 7.44. The number of aliphatic hydroxyl groups excluding tert-OH is 1. The van der Waals surface area contributed by atoms with Crippen molar-refractivity contribution in [2.45, 2.75) is 37.5 Å². The topological polar surface area (TPSA) is 179 Å². The molecule has 11 nitrogen and oxygen atoms in total. The van der Waals surface area contributed by atoms with Gasteiger partial charge in [-0.25, -0.2) is 13.4 Å². The number of para-hydroxylation sites is 1. The molecular formula is C19H26N6O5S2. The molecule has 1 aliphatic rings. The van der Waals surface area contributed by atoms with Gasteiger partial charge in [0.15, 0.2) is 11.0 Å². The average Bonchev–Trinajstić information content (AvgIpc) is 3.33. The lowest BCUT2D eigenvalue weighted by Gasteiger charge is -2.24. The van der Waals surface area contributed by atoms with E-state index >= 15 is 0 Å². The maximum absolute atomic E-state index is 13.2. The first kappa shape index (κ1) is 24.0. The van der Waals surface area contributed by atoms with E-state index in [9.17, 15) is 23.1 Å². The molecule has 3 atom stereocenters. The zero-order chi connectivity index (χ0) is 23.5. The van der Waals surface area contributed by atoms with Crippen molar-refractivity contribution < 1.29 is 23.1 Å². The van der Waals surface area contributed by atoms with Gasteiger partial charge in [0.05, 0.1) is 28.6 Å². The minimum absolute atomic E-state index is 0.0488. The lowest BCUT2D eigenvalue weighted by atomic mass is 10.1. The second-order valence-corrected chi connectivity index (χ2v) is 10.6. The SMILES string of the molecule is CS(=O)(=O)N1C[C@H](O)C[C@H]1C(=O)NC(CCCNC(=N)N)C(=O)c1nc2ccccc2s1. The Morgan fingerprint density at radius 3 is 2.78 bits per heavy atom. The van der Waals surface area contributed by atoms with Gasteiger partial charge in [-0.1, -0.05) is 12.1 Å². The summed E-state index contributed by atoms with van der Waals surface area (Å²) in [5.74, 6) is -1.23. The summed E-state index contributed by atoms with van der Waals surface area (Å²) < 4.78 is 25.8. The number of aliphatic hydroxyl groups is 1. The molecule has 1 fully saturated rings. The third-order valence-corrected chi connectivity index (χ3v) is 7.39. The maximum atomic E-state index is 13.2. The van der Waals surface area contributed by atoms with Crippen LogP contribution in [0.3, 0.4) is 0 Å². The zero-order valence-corrected chi connectivity index (χ0v) is 19.1. The van der Waals surface area contributed by atoms with Crippen LogP contribution < -0.4 is 16.4 Å². The van der Waals surface area contributed by atoms with Gasteiger partial charge >= 0.3 is 0 Å². The Labute approximate surface area is 189 Å². The molecular weight excluding hydrogens is 456 g/mol. The van der Waals surface area contributed by atoms with Crippen molar-refractivity contribution in [2.75, 3.05) is 19.3 Å². The number of nitrogens with zero attached hydrogens (tertiary/aromatic N) is 2. The second kappa shape index (κ2) is 9.90. The number of nitrogens with one attached hydrogen (secondary N) is 3. The van der Waals surface area contributed by atoms with E-state index in [0.717, 1.165) is 15.3 Å². The van der Waals surface area contributed by atoms with Gasteiger partial charge in [0.1, 0.15) is 6.04 Å². The van der Waals surface area contributed by atoms with Crippen LogP contribution in [0.25, 0.3) is 10.2 Å². The van der Waals surface area contributed by atoms with Crippen LogP contribution in [0.2, 0.25) is 0 Å². The molecule has 174 valence electrons. The third-order valence-electron chi connectivity index (χ3n) is 5.08. The monoisotopic (exact) mass is 482 g/mol. The molecule has 0 saturated carbocycles. The van der Waals surface area contributed by atoms with Crippen LogP contribution in [0.4, 0.5) is 0 Å². The number of thiazole rings is 1. The van der Waals surface area contributed by atoms with E-state index in [4.69, 9.17) is 11.1 Å². The summed E-state index contributed by atoms with van der Waals surface area (Å²) in [5, 5.41) is 22.7. The highest BCUT2D eigenvalue weighted by Crippen LogP contribution is 2.24. The van der Waals surface area contributed by atoms with Crippen LogP contribution in [0.5, 0.6) is 0 Å². The number of Topliss-reactive ketones (excluding diaryl/α,β-unsaturated/α-hetero) is 1. The molecule has 6 N–H and O–H groups in total. The van der Waals surface area contributed by atoms with E-state index in [1.165, 1.54) is 11.3 Å². The fraction of sp³-hybridized carbons (Fsp3) is 0.474. The van der Waals surface area contributed by atoms with Crippen molar-refractivity contribution in [2.24, 2.45) is 5.73 Å². The quantitative estimate of drug-likeness (QED) is 0.139. The number of benzene rings is 1. The molecule has 1 aromatic heterocycles. The Morgan fingerprint density at radius 1 is 1.41 bits per heavy atom. The first-order valence-corrected chi connectivity index (χ1v) is 12.7. The molecule has 3 rings (SSSR count). The van der Waals surface area contributed by atoms with Crippen molar-refractivity contribution in [1.82, 2.24) is 19.9 Å². The van der Waals surface area contributed by atoms with E-state index in [1.54, 1.807) is 6.07 Å². The number of hydrogen-bond acceptors (Lipinski definition) is 8. The molecule has 32 heavy (non-hydrogen) atoms. The number of hydrogen-bond donors (Lipinski definition) is 5. The van der Waals surface area contributed by atoms with Crippen LogP contribution in [-0.2, 0) is 14.8 Å². The number of fused-ring (bicyclic) bond motifs is 1. The van der Waals surface area contributed by atoms with E-state index in [1.807, 2.05) is 18.2 Å². The Balaban J connectivity index is 1.79. The van der Waals surface area contributed by atoms with Crippen LogP contribution in [0.1, 0.15) is 29.1 Å². The molecule has 2 heterocycles. The molecule has 0 bridgehead atoms. The normalized spacial score (nSPS) is 20.2. The smallest absolute Gasteiger partial charge is 0.239 e. The van der Waals surface area contributed by atoms with Crippen molar-refractivity contribution in [3.63, 3.8) is 0 Å². The Hall–Kier alpha value is -2.61. The molecule has 1 unspecified atom stereocenters. The number of aromatic nitrogens is 1. The van der Waals surface area contributed by atoms with Crippen LogP contribution in [0.15, 0.2) is 24.3 Å². The van der Waals surface area contributed by atoms with Gasteiger partial charge in [0.2, 0.25) is 21.7 Å².